The number of hydrogen-bond acceptors (Lipinski definition) is 1. The molecular weight excluding hydrogens is 245 g/mol. The lowest BCUT2D eigenvalue weighted by molar-refractivity contribution is 0.613. The maximum atomic E-state index is 12.2. The largest absolute Gasteiger partial charge is 0.246 e. The van der Waals surface area contributed by atoms with E-state index in [0.717, 1.165) is 0 Å². The Morgan fingerprint density at radius 2 is 1.43 bits per heavy atom. The summed E-state index contributed by atoms with van der Waals surface area (Å²) >= 11 is 2.91. The van der Waals surface area contributed by atoms with Gasteiger partial charge in [-0.15, -0.1) is 0 Å². The molecule has 0 radical (unpaired) electrons. The van der Waals surface area contributed by atoms with Crippen molar-refractivity contribution >= 4 is 15.9 Å². The number of benzene rings is 1. The topological polar surface area (TPSA) is 12.9 Å². The quantitative estimate of drug-likeness (QED) is 0.653. The van der Waals surface area contributed by atoms with E-state index in [4.69, 9.17) is 0 Å². The zero-order chi connectivity index (χ0) is 10.2. The molecule has 14 heavy (non-hydrogen) atoms. The van der Waals surface area contributed by atoms with E-state index in [2.05, 4.69) is 20.9 Å². The first-order valence-corrected chi connectivity index (χ1v) is 4.86. The summed E-state index contributed by atoms with van der Waals surface area (Å²) in [6, 6.07) is 14.9. The van der Waals surface area contributed by atoms with Crippen molar-refractivity contribution in [3.63, 3.8) is 0 Å². The lowest BCUT2D eigenvalue weighted by atomic mass is 10.4. The third-order valence-corrected chi connectivity index (χ3v) is 1.96. The van der Waals surface area contributed by atoms with E-state index in [1.165, 1.54) is 12.3 Å². The summed E-state index contributed by atoms with van der Waals surface area (Å²) in [7, 11) is 0. The molecule has 0 atom stereocenters. The van der Waals surface area contributed by atoms with Crippen LogP contribution in [0.5, 0.6) is 0 Å². The van der Waals surface area contributed by atoms with Gasteiger partial charge in [0.05, 0.1) is 0 Å². The van der Waals surface area contributed by atoms with Crippen LogP contribution >= 0.6 is 15.9 Å². The second kappa shape index (κ2) is 6.27. The lowest BCUT2D eigenvalue weighted by Crippen LogP contribution is -1.77. The summed E-state index contributed by atoms with van der Waals surface area (Å²) in [4.78, 5) is 3.62. The number of hydrogen-bond donors (Lipinski definition) is 0. The molecule has 0 aliphatic carbocycles. The summed E-state index contributed by atoms with van der Waals surface area (Å²) in [6.07, 6.45) is 1.52. The van der Waals surface area contributed by atoms with Gasteiger partial charge >= 0.3 is 0 Å². The molecule has 0 saturated carbocycles. The van der Waals surface area contributed by atoms with Crippen LogP contribution in [0, 0.1) is 5.82 Å². The molecule has 1 aromatic heterocycles. The molecule has 2 aromatic rings. The van der Waals surface area contributed by atoms with Crippen molar-refractivity contribution in [2.45, 2.75) is 0 Å². The second-order valence-corrected chi connectivity index (χ2v) is 3.18. The molecule has 3 heteroatoms. The van der Waals surface area contributed by atoms with Gasteiger partial charge in [0.15, 0.2) is 5.82 Å². The second-order valence-electron chi connectivity index (χ2n) is 2.43. The summed E-state index contributed by atoms with van der Waals surface area (Å²) in [5, 5.41) is 0. The Morgan fingerprint density at radius 3 is 1.71 bits per heavy atom. The molecule has 0 fully saturated rings. The van der Waals surface area contributed by atoms with Crippen LogP contribution in [0.2, 0.25) is 0 Å². The van der Waals surface area contributed by atoms with Crippen molar-refractivity contribution in [3.8, 4) is 0 Å². The summed E-state index contributed by atoms with van der Waals surface area (Å²) < 4.78 is 12.5. The Hall–Kier alpha value is -1.22. The Labute approximate surface area is 90.7 Å². The van der Waals surface area contributed by atoms with Crippen molar-refractivity contribution in [1.29, 1.82) is 0 Å². The van der Waals surface area contributed by atoms with E-state index in [1.54, 1.807) is 6.07 Å². The van der Waals surface area contributed by atoms with Crippen LogP contribution in [0.4, 0.5) is 4.39 Å². The van der Waals surface area contributed by atoms with Crippen molar-refractivity contribution in [2.75, 3.05) is 0 Å². The maximum absolute atomic E-state index is 12.2. The number of rotatable bonds is 0. The van der Waals surface area contributed by atoms with Gasteiger partial charge in [0.1, 0.15) is 4.60 Å². The monoisotopic (exact) mass is 253 g/mol. The van der Waals surface area contributed by atoms with E-state index >= 15 is 0 Å². The van der Waals surface area contributed by atoms with Gasteiger partial charge in [-0.3, -0.25) is 0 Å². The van der Waals surface area contributed by atoms with Gasteiger partial charge in [0.2, 0.25) is 0 Å². The van der Waals surface area contributed by atoms with Gasteiger partial charge in [-0.25, -0.2) is 9.37 Å². The fraction of sp³-hybridized carbons (Fsp3) is 0. The Kier molecular flexibility index (Phi) is 4.86. The van der Waals surface area contributed by atoms with Gasteiger partial charge in [-0.1, -0.05) is 36.4 Å². The van der Waals surface area contributed by atoms with E-state index in [0.29, 0.717) is 0 Å². The van der Waals surface area contributed by atoms with E-state index in [1.807, 2.05) is 36.4 Å². The smallest absolute Gasteiger partial charge is 0.155 e. The zero-order valence-corrected chi connectivity index (χ0v) is 8.99. The average Bonchev–Trinajstić information content (AvgIpc) is 2.26. The highest BCUT2D eigenvalue weighted by molar-refractivity contribution is 9.10. The molecule has 1 heterocycles. The van der Waals surface area contributed by atoms with Crippen molar-refractivity contribution in [2.24, 2.45) is 0 Å². The first-order valence-electron chi connectivity index (χ1n) is 4.07. The van der Waals surface area contributed by atoms with Gasteiger partial charge in [0, 0.05) is 6.20 Å². The molecule has 0 N–H and O–H groups in total. The third kappa shape index (κ3) is 4.14. The molecule has 72 valence electrons. The minimum absolute atomic E-state index is 0.264. The summed E-state index contributed by atoms with van der Waals surface area (Å²) in [6.45, 7) is 0. The van der Waals surface area contributed by atoms with E-state index in [9.17, 15) is 4.39 Å². The molecule has 0 aliphatic rings. The number of aromatic nitrogens is 1. The molecule has 2 rings (SSSR count). The Morgan fingerprint density at radius 1 is 0.929 bits per heavy atom. The molecule has 0 unspecified atom stereocenters. The summed E-state index contributed by atoms with van der Waals surface area (Å²) in [5.41, 5.74) is 0. The van der Waals surface area contributed by atoms with Gasteiger partial charge < -0.3 is 0 Å². The van der Waals surface area contributed by atoms with Crippen LogP contribution in [0.15, 0.2) is 59.3 Å². The van der Waals surface area contributed by atoms with Crippen LogP contribution in [-0.2, 0) is 0 Å². The molecule has 0 aliphatic heterocycles. The minimum Gasteiger partial charge on any atom is -0.246 e. The number of nitrogens with zero attached hydrogens (tertiary/aromatic N) is 1. The lowest BCUT2D eigenvalue weighted by Gasteiger charge is -1.86. The first kappa shape index (κ1) is 10.9. The van der Waals surface area contributed by atoms with Gasteiger partial charge in [-0.05, 0) is 28.1 Å². The molecule has 0 amide bonds. The molecule has 0 bridgehead atoms. The van der Waals surface area contributed by atoms with Crippen molar-refractivity contribution < 1.29 is 4.39 Å². The average molecular weight is 254 g/mol. The fourth-order valence-corrected chi connectivity index (χ4v) is 1.00. The molecule has 0 saturated heterocycles. The van der Waals surface area contributed by atoms with E-state index < -0.39 is 0 Å². The molecular formula is C11H9BrFN. The van der Waals surface area contributed by atoms with Gasteiger partial charge in [0.25, 0.3) is 0 Å². The summed E-state index contributed by atoms with van der Waals surface area (Å²) in [5.74, 6) is -0.326. The molecule has 1 nitrogen and oxygen atoms in total. The number of halogens is 2. The highest BCUT2D eigenvalue weighted by atomic mass is 79.9. The normalized spacial score (nSPS) is 8.71. The minimum atomic E-state index is -0.326. The highest BCUT2D eigenvalue weighted by Gasteiger charge is 1.92. The van der Waals surface area contributed by atoms with E-state index in [-0.39, 0.29) is 10.4 Å². The fourth-order valence-electron chi connectivity index (χ4n) is 0.751. The molecule has 0 spiro atoms. The van der Waals surface area contributed by atoms with Gasteiger partial charge in [-0.2, -0.15) is 0 Å². The van der Waals surface area contributed by atoms with Crippen LogP contribution in [-0.4, -0.2) is 4.98 Å². The highest BCUT2D eigenvalue weighted by Crippen LogP contribution is 2.08. The van der Waals surface area contributed by atoms with Crippen LogP contribution in [0.25, 0.3) is 0 Å². The number of pyridine rings is 1. The Bertz CT molecular complexity index is 317. The van der Waals surface area contributed by atoms with Crippen LogP contribution in [0.3, 0.4) is 0 Å². The SMILES string of the molecule is Fc1cccnc1Br.c1ccccc1. The van der Waals surface area contributed by atoms with Crippen LogP contribution in [0.1, 0.15) is 0 Å². The zero-order valence-electron chi connectivity index (χ0n) is 7.40. The predicted molar refractivity (Wildman–Crippen MR) is 58.3 cm³/mol. The Balaban J connectivity index is 0.000000146. The van der Waals surface area contributed by atoms with Crippen molar-refractivity contribution in [1.82, 2.24) is 4.98 Å². The third-order valence-electron chi connectivity index (χ3n) is 1.38. The predicted octanol–water partition coefficient (Wildman–Crippen LogP) is 3.67. The first-order chi connectivity index (χ1) is 6.80. The maximum Gasteiger partial charge on any atom is 0.155 e. The standard InChI is InChI=1S/C6H6.C5H3BrFN/c1-2-4-6-5-3-1;6-5-4(7)2-1-3-8-5/h1-6H;1-3H. The van der Waals surface area contributed by atoms with Crippen LogP contribution < -0.4 is 0 Å². The van der Waals surface area contributed by atoms with Crippen molar-refractivity contribution in [3.05, 3.63) is 65.1 Å². The molecule has 1 aromatic carbocycles.